The molecule has 114 valence electrons. The van der Waals surface area contributed by atoms with Gasteiger partial charge in [-0.1, -0.05) is 30.3 Å². The van der Waals surface area contributed by atoms with E-state index in [1.165, 1.54) is 5.56 Å². The van der Waals surface area contributed by atoms with Crippen molar-refractivity contribution in [1.29, 1.82) is 0 Å². The molecule has 0 saturated heterocycles. The number of hydrogen-bond acceptors (Lipinski definition) is 3. The van der Waals surface area contributed by atoms with Crippen molar-refractivity contribution in [3.05, 3.63) is 60.3 Å². The fourth-order valence-electron chi connectivity index (χ4n) is 2.83. The molecular formula is C18H21N3O. The quantitative estimate of drug-likeness (QED) is 0.759. The van der Waals surface area contributed by atoms with Crippen LogP contribution in [-0.2, 0) is 0 Å². The fourth-order valence-corrected chi connectivity index (χ4v) is 2.83. The summed E-state index contributed by atoms with van der Waals surface area (Å²) in [5, 5.41) is 3.25. The van der Waals surface area contributed by atoms with E-state index in [0.717, 1.165) is 24.0 Å². The number of rotatable bonds is 6. The first-order valence-corrected chi connectivity index (χ1v) is 7.54. The molecule has 22 heavy (non-hydrogen) atoms. The van der Waals surface area contributed by atoms with Crippen LogP contribution < -0.4 is 10.1 Å². The van der Waals surface area contributed by atoms with Crippen LogP contribution in [0.15, 0.2) is 54.7 Å². The van der Waals surface area contributed by atoms with Gasteiger partial charge in [0.1, 0.15) is 0 Å². The lowest BCUT2D eigenvalue weighted by Crippen LogP contribution is -2.17. The highest BCUT2D eigenvalue weighted by molar-refractivity contribution is 5.76. The number of hydrogen-bond donors (Lipinski definition) is 1. The maximum atomic E-state index is 5.21. The molecular weight excluding hydrogens is 274 g/mol. The van der Waals surface area contributed by atoms with E-state index in [0.29, 0.717) is 11.9 Å². The largest absolute Gasteiger partial charge is 0.481 e. The third-order valence-corrected chi connectivity index (χ3v) is 3.95. The van der Waals surface area contributed by atoms with Crippen LogP contribution in [0.1, 0.15) is 18.0 Å². The molecule has 3 aromatic rings. The Labute approximate surface area is 130 Å². The zero-order chi connectivity index (χ0) is 15.4. The second-order valence-electron chi connectivity index (χ2n) is 5.30. The van der Waals surface area contributed by atoms with E-state index in [1.54, 1.807) is 7.11 Å². The summed E-state index contributed by atoms with van der Waals surface area (Å²) in [6.45, 7) is 0.961. The van der Waals surface area contributed by atoms with Crippen molar-refractivity contribution in [2.45, 2.75) is 12.5 Å². The molecule has 0 fully saturated rings. The average molecular weight is 295 g/mol. The monoisotopic (exact) mass is 295 g/mol. The summed E-state index contributed by atoms with van der Waals surface area (Å²) in [7, 11) is 3.63. The summed E-state index contributed by atoms with van der Waals surface area (Å²) < 4.78 is 7.51. The maximum Gasteiger partial charge on any atom is 0.213 e. The van der Waals surface area contributed by atoms with E-state index < -0.39 is 0 Å². The van der Waals surface area contributed by atoms with Gasteiger partial charge in [-0.25, -0.2) is 4.98 Å². The Hall–Kier alpha value is -2.33. The molecule has 0 spiro atoms. The van der Waals surface area contributed by atoms with Crippen molar-refractivity contribution < 1.29 is 4.74 Å². The first-order valence-electron chi connectivity index (χ1n) is 7.54. The second-order valence-corrected chi connectivity index (χ2v) is 5.30. The minimum atomic E-state index is 0.293. The second kappa shape index (κ2) is 6.62. The van der Waals surface area contributed by atoms with Gasteiger partial charge in [-0.05, 0) is 37.7 Å². The van der Waals surface area contributed by atoms with Gasteiger partial charge in [0.25, 0.3) is 0 Å². The van der Waals surface area contributed by atoms with E-state index >= 15 is 0 Å². The number of nitrogens with zero attached hydrogens (tertiary/aromatic N) is 2. The van der Waals surface area contributed by atoms with Crippen molar-refractivity contribution in [2.24, 2.45) is 0 Å². The van der Waals surface area contributed by atoms with Gasteiger partial charge < -0.3 is 14.6 Å². The third-order valence-electron chi connectivity index (χ3n) is 3.95. The average Bonchev–Trinajstić information content (AvgIpc) is 2.99. The summed E-state index contributed by atoms with van der Waals surface area (Å²) in [4.78, 5) is 4.51. The number of methoxy groups -OCH3 is 1. The van der Waals surface area contributed by atoms with Crippen molar-refractivity contribution in [3.8, 4) is 5.88 Å². The SMILES string of the molecule is CNCCC(c1ccccc1)n1ccc2nc(OC)ccc21. The Bertz CT molecular complexity index is 736. The zero-order valence-corrected chi connectivity index (χ0v) is 13.0. The van der Waals surface area contributed by atoms with Crippen LogP contribution in [0, 0.1) is 0 Å². The van der Waals surface area contributed by atoms with Gasteiger partial charge in [0.05, 0.1) is 24.2 Å². The van der Waals surface area contributed by atoms with Crippen LogP contribution in [0.5, 0.6) is 5.88 Å². The topological polar surface area (TPSA) is 39.1 Å². The predicted octanol–water partition coefficient (Wildman–Crippen LogP) is 3.24. The maximum absolute atomic E-state index is 5.21. The summed E-state index contributed by atoms with van der Waals surface area (Å²) >= 11 is 0. The third kappa shape index (κ3) is 2.83. The molecule has 0 aliphatic carbocycles. The first kappa shape index (κ1) is 14.6. The highest BCUT2D eigenvalue weighted by atomic mass is 16.5. The molecule has 1 aromatic carbocycles. The standard InChI is InChI=1S/C18H21N3O/c1-19-12-10-16(14-6-4-3-5-7-14)21-13-11-15-17(21)8-9-18(20-15)22-2/h3-9,11,13,16,19H,10,12H2,1-2H3. The molecule has 0 radical (unpaired) electrons. The summed E-state index contributed by atoms with van der Waals surface area (Å²) in [6.07, 6.45) is 3.14. The molecule has 4 nitrogen and oxygen atoms in total. The Morgan fingerprint density at radius 3 is 2.68 bits per heavy atom. The van der Waals surface area contributed by atoms with Crippen molar-refractivity contribution in [3.63, 3.8) is 0 Å². The number of benzene rings is 1. The molecule has 0 amide bonds. The first-order chi connectivity index (χ1) is 10.8. The Balaban J connectivity index is 2.04. The Kier molecular flexibility index (Phi) is 4.39. The summed E-state index contributed by atoms with van der Waals surface area (Å²) in [6, 6.07) is 16.9. The molecule has 3 rings (SSSR count). The van der Waals surface area contributed by atoms with E-state index in [-0.39, 0.29) is 0 Å². The van der Waals surface area contributed by atoms with Crippen LogP contribution in [0.2, 0.25) is 0 Å². The zero-order valence-electron chi connectivity index (χ0n) is 13.0. The smallest absolute Gasteiger partial charge is 0.213 e. The van der Waals surface area contributed by atoms with Crippen LogP contribution in [0.4, 0.5) is 0 Å². The van der Waals surface area contributed by atoms with Crippen molar-refractivity contribution >= 4 is 11.0 Å². The number of pyridine rings is 1. The number of nitrogens with one attached hydrogen (secondary N) is 1. The van der Waals surface area contributed by atoms with Crippen molar-refractivity contribution in [1.82, 2.24) is 14.9 Å². The number of aromatic nitrogens is 2. The van der Waals surface area contributed by atoms with Crippen LogP contribution in [0.25, 0.3) is 11.0 Å². The van der Waals surface area contributed by atoms with Gasteiger partial charge in [-0.15, -0.1) is 0 Å². The van der Waals surface area contributed by atoms with Gasteiger partial charge in [0.2, 0.25) is 5.88 Å². The highest BCUT2D eigenvalue weighted by Crippen LogP contribution is 2.27. The van der Waals surface area contributed by atoms with Gasteiger partial charge in [0, 0.05) is 12.3 Å². The molecule has 0 aliphatic rings. The lowest BCUT2D eigenvalue weighted by Gasteiger charge is -2.20. The van der Waals surface area contributed by atoms with Gasteiger partial charge in [-0.3, -0.25) is 0 Å². The number of ether oxygens (including phenoxy) is 1. The van der Waals surface area contributed by atoms with E-state index in [1.807, 2.05) is 19.2 Å². The van der Waals surface area contributed by atoms with E-state index in [9.17, 15) is 0 Å². The molecule has 0 aliphatic heterocycles. The predicted molar refractivity (Wildman–Crippen MR) is 89.4 cm³/mol. The lowest BCUT2D eigenvalue weighted by atomic mass is 10.0. The van der Waals surface area contributed by atoms with E-state index in [4.69, 9.17) is 4.74 Å². The Morgan fingerprint density at radius 1 is 1.14 bits per heavy atom. The summed E-state index contributed by atoms with van der Waals surface area (Å²) in [5.74, 6) is 0.650. The molecule has 2 heterocycles. The van der Waals surface area contributed by atoms with Gasteiger partial charge in [-0.2, -0.15) is 0 Å². The fraction of sp³-hybridized carbons (Fsp3) is 0.278. The molecule has 0 saturated carbocycles. The molecule has 1 atom stereocenters. The Morgan fingerprint density at radius 2 is 1.95 bits per heavy atom. The van der Waals surface area contributed by atoms with Crippen LogP contribution in [-0.4, -0.2) is 30.3 Å². The molecule has 0 bridgehead atoms. The van der Waals surface area contributed by atoms with Crippen LogP contribution >= 0.6 is 0 Å². The normalized spacial score (nSPS) is 12.5. The summed E-state index contributed by atoms with van der Waals surface area (Å²) in [5.41, 5.74) is 3.40. The molecule has 4 heteroatoms. The molecule has 1 unspecified atom stereocenters. The highest BCUT2D eigenvalue weighted by Gasteiger charge is 2.15. The lowest BCUT2D eigenvalue weighted by molar-refractivity contribution is 0.399. The van der Waals surface area contributed by atoms with Crippen LogP contribution in [0.3, 0.4) is 0 Å². The van der Waals surface area contributed by atoms with Crippen molar-refractivity contribution in [2.75, 3.05) is 20.7 Å². The minimum absolute atomic E-state index is 0.293. The molecule has 2 aromatic heterocycles. The van der Waals surface area contributed by atoms with E-state index in [2.05, 4.69) is 57.5 Å². The minimum Gasteiger partial charge on any atom is -0.481 e. The van der Waals surface area contributed by atoms with Gasteiger partial charge >= 0.3 is 0 Å². The van der Waals surface area contributed by atoms with Gasteiger partial charge in [0.15, 0.2) is 0 Å². The number of fused-ring (bicyclic) bond motifs is 1. The molecule has 1 N–H and O–H groups in total.